The van der Waals surface area contributed by atoms with E-state index in [9.17, 15) is 9.59 Å². The van der Waals surface area contributed by atoms with Crippen LogP contribution in [0, 0.1) is 5.92 Å². The molecular formula is C15H29N3O3. The molecule has 1 aliphatic rings. The molecule has 1 heterocycles. The third-order valence-electron chi connectivity index (χ3n) is 3.81. The number of hydrogen-bond donors (Lipinski definition) is 2. The molecule has 2 N–H and O–H groups in total. The molecule has 1 rings (SSSR count). The van der Waals surface area contributed by atoms with Crippen LogP contribution in [0.25, 0.3) is 0 Å². The van der Waals surface area contributed by atoms with Gasteiger partial charge in [0.15, 0.2) is 0 Å². The van der Waals surface area contributed by atoms with Gasteiger partial charge in [-0.15, -0.1) is 0 Å². The fourth-order valence-corrected chi connectivity index (χ4v) is 2.59. The molecule has 0 aromatic heterocycles. The van der Waals surface area contributed by atoms with E-state index in [1.165, 1.54) is 7.11 Å². The summed E-state index contributed by atoms with van der Waals surface area (Å²) in [7, 11) is 1.31. The Morgan fingerprint density at radius 2 is 1.95 bits per heavy atom. The summed E-state index contributed by atoms with van der Waals surface area (Å²) in [5.41, 5.74) is 0. The third-order valence-corrected chi connectivity index (χ3v) is 3.81. The van der Waals surface area contributed by atoms with Crippen LogP contribution in [-0.2, 0) is 9.53 Å². The SMILES string of the molecule is COC(=O)NC(C(=O)N1CCCC1CNC(C)C)C(C)C. The molecule has 0 spiro atoms. The molecule has 122 valence electrons. The molecule has 0 aromatic carbocycles. The highest BCUT2D eigenvalue weighted by atomic mass is 16.5. The van der Waals surface area contributed by atoms with Crippen LogP contribution in [-0.4, -0.2) is 55.2 Å². The van der Waals surface area contributed by atoms with Crippen LogP contribution in [0.5, 0.6) is 0 Å². The minimum atomic E-state index is -0.557. The summed E-state index contributed by atoms with van der Waals surface area (Å²) >= 11 is 0. The molecule has 0 aliphatic carbocycles. The standard InChI is InChI=1S/C15H29N3O3/c1-10(2)13(17-15(20)21-5)14(19)18-8-6-7-12(18)9-16-11(3)4/h10-13,16H,6-9H2,1-5H3,(H,17,20). The van der Waals surface area contributed by atoms with E-state index >= 15 is 0 Å². The predicted molar refractivity (Wildman–Crippen MR) is 82.0 cm³/mol. The number of methoxy groups -OCH3 is 1. The number of nitrogens with one attached hydrogen (secondary N) is 2. The van der Waals surface area contributed by atoms with Crippen molar-refractivity contribution in [2.24, 2.45) is 5.92 Å². The molecule has 0 saturated carbocycles. The van der Waals surface area contributed by atoms with Gasteiger partial charge in [-0.25, -0.2) is 4.79 Å². The number of ether oxygens (including phenoxy) is 1. The smallest absolute Gasteiger partial charge is 0.407 e. The van der Waals surface area contributed by atoms with Crippen LogP contribution >= 0.6 is 0 Å². The van der Waals surface area contributed by atoms with E-state index in [1.807, 2.05) is 18.7 Å². The van der Waals surface area contributed by atoms with Gasteiger partial charge in [0, 0.05) is 25.2 Å². The third kappa shape index (κ3) is 5.19. The zero-order valence-electron chi connectivity index (χ0n) is 13.8. The maximum Gasteiger partial charge on any atom is 0.407 e. The maximum atomic E-state index is 12.7. The summed E-state index contributed by atoms with van der Waals surface area (Å²) in [4.78, 5) is 26.0. The molecule has 2 atom stereocenters. The molecule has 0 bridgehead atoms. The summed E-state index contributed by atoms with van der Waals surface area (Å²) in [6, 6.07) is 0.0781. The van der Waals surface area contributed by atoms with Gasteiger partial charge in [0.25, 0.3) is 0 Å². The van der Waals surface area contributed by atoms with Gasteiger partial charge in [-0.1, -0.05) is 27.7 Å². The van der Waals surface area contributed by atoms with Gasteiger partial charge >= 0.3 is 6.09 Å². The highest BCUT2D eigenvalue weighted by Crippen LogP contribution is 2.19. The minimum Gasteiger partial charge on any atom is -0.453 e. The zero-order valence-corrected chi connectivity index (χ0v) is 13.8. The Labute approximate surface area is 127 Å². The van der Waals surface area contributed by atoms with Crippen molar-refractivity contribution < 1.29 is 14.3 Å². The fraction of sp³-hybridized carbons (Fsp3) is 0.867. The molecule has 2 unspecified atom stereocenters. The lowest BCUT2D eigenvalue weighted by Crippen LogP contribution is -2.54. The molecule has 2 amide bonds. The summed E-state index contributed by atoms with van der Waals surface area (Å²) in [6.07, 6.45) is 1.46. The Morgan fingerprint density at radius 1 is 1.29 bits per heavy atom. The fourth-order valence-electron chi connectivity index (χ4n) is 2.59. The van der Waals surface area contributed by atoms with Crippen LogP contribution in [0.1, 0.15) is 40.5 Å². The summed E-state index contributed by atoms with van der Waals surface area (Å²) in [5, 5.41) is 6.04. The topological polar surface area (TPSA) is 70.7 Å². The molecule has 0 radical (unpaired) electrons. The lowest BCUT2D eigenvalue weighted by atomic mass is 10.0. The summed E-state index contributed by atoms with van der Waals surface area (Å²) in [6.45, 7) is 9.60. The van der Waals surface area contributed by atoms with Crippen LogP contribution in [0.3, 0.4) is 0 Å². The number of hydrogen-bond acceptors (Lipinski definition) is 4. The highest BCUT2D eigenvalue weighted by molar-refractivity contribution is 5.86. The molecule has 6 nitrogen and oxygen atoms in total. The van der Waals surface area contributed by atoms with E-state index < -0.39 is 12.1 Å². The second-order valence-corrected chi connectivity index (χ2v) is 6.25. The molecule has 1 aliphatic heterocycles. The Bertz CT molecular complexity index is 358. The highest BCUT2D eigenvalue weighted by Gasteiger charge is 2.35. The van der Waals surface area contributed by atoms with Crippen molar-refractivity contribution in [3.05, 3.63) is 0 Å². The van der Waals surface area contributed by atoms with E-state index in [0.29, 0.717) is 6.04 Å². The maximum absolute atomic E-state index is 12.7. The number of carbonyl (C=O) groups excluding carboxylic acids is 2. The molecule has 1 saturated heterocycles. The van der Waals surface area contributed by atoms with Crippen LogP contribution in [0.15, 0.2) is 0 Å². The Balaban J connectivity index is 2.70. The van der Waals surface area contributed by atoms with E-state index in [1.54, 1.807) is 0 Å². The van der Waals surface area contributed by atoms with Crippen molar-refractivity contribution in [3.63, 3.8) is 0 Å². The minimum absolute atomic E-state index is 0.0107. The quantitative estimate of drug-likeness (QED) is 0.777. The average molecular weight is 299 g/mol. The van der Waals surface area contributed by atoms with Gasteiger partial charge in [0.2, 0.25) is 5.91 Å². The Kier molecular flexibility index (Phi) is 6.95. The lowest BCUT2D eigenvalue weighted by Gasteiger charge is -2.31. The zero-order chi connectivity index (χ0) is 16.0. The second kappa shape index (κ2) is 8.22. The summed E-state index contributed by atoms with van der Waals surface area (Å²) < 4.78 is 4.62. The van der Waals surface area contributed by atoms with Crippen molar-refractivity contribution in [3.8, 4) is 0 Å². The van der Waals surface area contributed by atoms with E-state index in [0.717, 1.165) is 25.9 Å². The number of rotatable bonds is 6. The predicted octanol–water partition coefficient (Wildman–Crippen LogP) is 1.36. The molecular weight excluding hydrogens is 270 g/mol. The molecule has 6 heteroatoms. The van der Waals surface area contributed by atoms with Gasteiger partial charge in [0.05, 0.1) is 7.11 Å². The first-order chi connectivity index (χ1) is 9.86. The number of alkyl carbamates (subject to hydrolysis) is 1. The van der Waals surface area contributed by atoms with Crippen molar-refractivity contribution in [2.75, 3.05) is 20.2 Å². The first-order valence-corrected chi connectivity index (χ1v) is 7.75. The average Bonchev–Trinajstić information content (AvgIpc) is 2.89. The molecule has 1 fully saturated rings. The van der Waals surface area contributed by atoms with E-state index in [4.69, 9.17) is 0 Å². The van der Waals surface area contributed by atoms with Gasteiger partial charge in [-0.2, -0.15) is 0 Å². The van der Waals surface area contributed by atoms with E-state index in [2.05, 4.69) is 29.2 Å². The van der Waals surface area contributed by atoms with E-state index in [-0.39, 0.29) is 17.9 Å². The monoisotopic (exact) mass is 299 g/mol. The molecule has 21 heavy (non-hydrogen) atoms. The Hall–Kier alpha value is -1.30. The van der Waals surface area contributed by atoms with Crippen molar-refractivity contribution in [2.45, 2.75) is 58.7 Å². The van der Waals surface area contributed by atoms with Gasteiger partial charge in [-0.05, 0) is 18.8 Å². The normalized spacial score (nSPS) is 20.0. The van der Waals surface area contributed by atoms with Crippen molar-refractivity contribution in [1.82, 2.24) is 15.5 Å². The van der Waals surface area contributed by atoms with Gasteiger partial charge in [0.1, 0.15) is 6.04 Å². The first kappa shape index (κ1) is 17.8. The Morgan fingerprint density at radius 3 is 2.48 bits per heavy atom. The van der Waals surface area contributed by atoms with Crippen LogP contribution < -0.4 is 10.6 Å². The molecule has 0 aromatic rings. The largest absolute Gasteiger partial charge is 0.453 e. The number of likely N-dealkylation sites (tertiary alicyclic amines) is 1. The first-order valence-electron chi connectivity index (χ1n) is 7.75. The lowest BCUT2D eigenvalue weighted by molar-refractivity contribution is -0.135. The van der Waals surface area contributed by atoms with Gasteiger partial charge in [-0.3, -0.25) is 4.79 Å². The number of carbonyl (C=O) groups is 2. The van der Waals surface area contributed by atoms with Crippen molar-refractivity contribution in [1.29, 1.82) is 0 Å². The van der Waals surface area contributed by atoms with Gasteiger partial charge < -0.3 is 20.3 Å². The number of amides is 2. The van der Waals surface area contributed by atoms with Crippen LogP contribution in [0.4, 0.5) is 4.79 Å². The van der Waals surface area contributed by atoms with Crippen LogP contribution in [0.2, 0.25) is 0 Å². The summed E-state index contributed by atoms with van der Waals surface area (Å²) in [5.74, 6) is 0.0133. The second-order valence-electron chi connectivity index (χ2n) is 6.25. The van der Waals surface area contributed by atoms with Crippen molar-refractivity contribution >= 4 is 12.0 Å². The number of nitrogens with zero attached hydrogens (tertiary/aromatic N) is 1.